The lowest BCUT2D eigenvalue weighted by atomic mass is 9.85. The standard InChI is InChI=1S/C9H14N2O2S/c1-14(12,13)9-10-5-6-11(9)7-8-3-2-4-8/h5-6,8H,2-4,7H2,1H3. The van der Waals surface area contributed by atoms with Crippen molar-refractivity contribution in [1.82, 2.24) is 9.55 Å². The highest BCUT2D eigenvalue weighted by atomic mass is 32.2. The monoisotopic (exact) mass is 214 g/mol. The number of hydrogen-bond donors (Lipinski definition) is 0. The first-order chi connectivity index (χ1) is 6.57. The van der Waals surface area contributed by atoms with E-state index in [-0.39, 0.29) is 5.16 Å². The Balaban J connectivity index is 2.21. The molecule has 0 spiro atoms. The van der Waals surface area contributed by atoms with Crippen molar-refractivity contribution < 1.29 is 8.42 Å². The van der Waals surface area contributed by atoms with Crippen LogP contribution in [0.2, 0.25) is 0 Å². The molecule has 1 saturated carbocycles. The molecule has 1 aliphatic carbocycles. The third-order valence-corrected chi connectivity index (χ3v) is 3.69. The number of imidazole rings is 1. The third-order valence-electron chi connectivity index (χ3n) is 2.69. The average Bonchev–Trinajstić information content (AvgIpc) is 2.42. The van der Waals surface area contributed by atoms with Gasteiger partial charge in [-0.05, 0) is 18.8 Å². The Morgan fingerprint density at radius 3 is 2.79 bits per heavy atom. The Morgan fingerprint density at radius 1 is 1.57 bits per heavy atom. The van der Waals surface area contributed by atoms with Crippen molar-refractivity contribution in [3.63, 3.8) is 0 Å². The van der Waals surface area contributed by atoms with Crippen molar-refractivity contribution in [3.05, 3.63) is 12.4 Å². The number of nitrogens with zero attached hydrogens (tertiary/aromatic N) is 2. The van der Waals surface area contributed by atoms with Gasteiger partial charge in [-0.2, -0.15) is 0 Å². The normalized spacial score (nSPS) is 18.1. The molecular weight excluding hydrogens is 200 g/mol. The van der Waals surface area contributed by atoms with Crippen molar-refractivity contribution in [1.29, 1.82) is 0 Å². The molecule has 2 rings (SSSR count). The minimum absolute atomic E-state index is 0.199. The highest BCUT2D eigenvalue weighted by molar-refractivity contribution is 7.90. The Morgan fingerprint density at radius 2 is 2.29 bits per heavy atom. The molecular formula is C9H14N2O2S. The Hall–Kier alpha value is -0.840. The molecule has 78 valence electrons. The molecule has 0 aliphatic heterocycles. The van der Waals surface area contributed by atoms with Crippen LogP contribution in [0, 0.1) is 5.92 Å². The second kappa shape index (κ2) is 3.38. The minimum Gasteiger partial charge on any atom is -0.322 e. The van der Waals surface area contributed by atoms with Crippen LogP contribution in [0.4, 0.5) is 0 Å². The maximum absolute atomic E-state index is 11.3. The predicted molar refractivity (Wildman–Crippen MR) is 52.7 cm³/mol. The first-order valence-electron chi connectivity index (χ1n) is 4.78. The van der Waals surface area contributed by atoms with Crippen LogP contribution in [0.15, 0.2) is 17.6 Å². The molecule has 0 amide bonds. The highest BCUT2D eigenvalue weighted by Gasteiger charge is 2.21. The van der Waals surface area contributed by atoms with Crippen LogP contribution in [0.25, 0.3) is 0 Å². The fourth-order valence-corrected chi connectivity index (χ4v) is 2.53. The average molecular weight is 214 g/mol. The van der Waals surface area contributed by atoms with Gasteiger partial charge in [0.15, 0.2) is 0 Å². The fraction of sp³-hybridized carbons (Fsp3) is 0.667. The van der Waals surface area contributed by atoms with Crippen LogP contribution in [-0.4, -0.2) is 24.2 Å². The lowest BCUT2D eigenvalue weighted by Gasteiger charge is -2.25. The maximum atomic E-state index is 11.3. The molecule has 0 aromatic carbocycles. The van der Waals surface area contributed by atoms with Gasteiger partial charge in [-0.1, -0.05) is 6.42 Å². The zero-order valence-corrected chi connectivity index (χ0v) is 9.00. The zero-order valence-electron chi connectivity index (χ0n) is 8.18. The van der Waals surface area contributed by atoms with E-state index in [0.29, 0.717) is 5.92 Å². The van der Waals surface area contributed by atoms with E-state index in [4.69, 9.17) is 0 Å². The van der Waals surface area contributed by atoms with Gasteiger partial charge < -0.3 is 4.57 Å². The Labute approximate surface area is 83.9 Å². The van der Waals surface area contributed by atoms with Crippen LogP contribution in [-0.2, 0) is 16.4 Å². The lowest BCUT2D eigenvalue weighted by molar-refractivity contribution is 0.269. The number of aromatic nitrogens is 2. The lowest BCUT2D eigenvalue weighted by Crippen LogP contribution is -2.20. The number of hydrogen-bond acceptors (Lipinski definition) is 3. The molecule has 1 fully saturated rings. The molecule has 0 unspecified atom stereocenters. The molecule has 1 heterocycles. The van der Waals surface area contributed by atoms with Crippen molar-refractivity contribution >= 4 is 9.84 Å². The quantitative estimate of drug-likeness (QED) is 0.756. The highest BCUT2D eigenvalue weighted by Crippen LogP contribution is 2.28. The van der Waals surface area contributed by atoms with Crippen LogP contribution >= 0.6 is 0 Å². The van der Waals surface area contributed by atoms with Crippen LogP contribution in [0.1, 0.15) is 19.3 Å². The second-order valence-electron chi connectivity index (χ2n) is 3.93. The molecule has 14 heavy (non-hydrogen) atoms. The summed E-state index contributed by atoms with van der Waals surface area (Å²) in [5.41, 5.74) is 0. The zero-order chi connectivity index (χ0) is 10.2. The first-order valence-corrected chi connectivity index (χ1v) is 6.68. The molecule has 1 aliphatic rings. The smallest absolute Gasteiger partial charge is 0.227 e. The molecule has 5 heteroatoms. The Bertz CT molecular complexity index is 418. The molecule has 4 nitrogen and oxygen atoms in total. The molecule has 1 aromatic rings. The SMILES string of the molecule is CS(=O)(=O)c1nccn1CC1CCC1. The van der Waals surface area contributed by atoms with Crippen LogP contribution in [0.5, 0.6) is 0 Å². The summed E-state index contributed by atoms with van der Waals surface area (Å²) < 4.78 is 24.4. The number of sulfone groups is 1. The second-order valence-corrected chi connectivity index (χ2v) is 5.84. The fourth-order valence-electron chi connectivity index (χ4n) is 1.72. The summed E-state index contributed by atoms with van der Waals surface area (Å²) in [6.07, 6.45) is 8.19. The van der Waals surface area contributed by atoms with Gasteiger partial charge in [0.05, 0.1) is 0 Å². The van der Waals surface area contributed by atoms with Crippen LogP contribution in [0.3, 0.4) is 0 Å². The van der Waals surface area contributed by atoms with E-state index in [1.54, 1.807) is 17.0 Å². The first kappa shape index (κ1) is 9.71. The van der Waals surface area contributed by atoms with E-state index >= 15 is 0 Å². The van der Waals surface area contributed by atoms with E-state index < -0.39 is 9.84 Å². The van der Waals surface area contributed by atoms with E-state index in [2.05, 4.69) is 4.98 Å². The predicted octanol–water partition coefficient (Wildman–Crippen LogP) is 1.09. The van der Waals surface area contributed by atoms with Gasteiger partial charge in [-0.25, -0.2) is 13.4 Å². The van der Waals surface area contributed by atoms with E-state index in [1.165, 1.54) is 25.5 Å². The number of rotatable bonds is 3. The maximum Gasteiger partial charge on any atom is 0.227 e. The third kappa shape index (κ3) is 1.82. The summed E-state index contributed by atoms with van der Waals surface area (Å²) >= 11 is 0. The molecule has 1 aromatic heterocycles. The largest absolute Gasteiger partial charge is 0.322 e. The Kier molecular flexibility index (Phi) is 2.34. The van der Waals surface area contributed by atoms with Gasteiger partial charge in [-0.3, -0.25) is 0 Å². The van der Waals surface area contributed by atoms with Gasteiger partial charge in [0.25, 0.3) is 0 Å². The van der Waals surface area contributed by atoms with Gasteiger partial charge in [0.1, 0.15) is 0 Å². The van der Waals surface area contributed by atoms with Gasteiger partial charge in [0.2, 0.25) is 15.0 Å². The van der Waals surface area contributed by atoms with Crippen molar-refractivity contribution in [2.75, 3.05) is 6.26 Å². The van der Waals surface area contributed by atoms with Crippen molar-refractivity contribution in [2.45, 2.75) is 31.0 Å². The molecule has 0 saturated heterocycles. The topological polar surface area (TPSA) is 52.0 Å². The van der Waals surface area contributed by atoms with E-state index in [1.807, 2.05) is 0 Å². The summed E-state index contributed by atoms with van der Waals surface area (Å²) in [6.45, 7) is 0.794. The van der Waals surface area contributed by atoms with E-state index in [0.717, 1.165) is 6.54 Å². The molecule has 0 radical (unpaired) electrons. The minimum atomic E-state index is -3.17. The summed E-state index contributed by atoms with van der Waals surface area (Å²) in [4.78, 5) is 3.87. The van der Waals surface area contributed by atoms with E-state index in [9.17, 15) is 8.42 Å². The molecule has 0 bridgehead atoms. The van der Waals surface area contributed by atoms with Gasteiger partial charge in [-0.15, -0.1) is 0 Å². The molecule has 0 N–H and O–H groups in total. The van der Waals surface area contributed by atoms with Crippen LogP contribution < -0.4 is 0 Å². The summed E-state index contributed by atoms with van der Waals surface area (Å²) in [5, 5.41) is 0.199. The molecule has 0 atom stereocenters. The van der Waals surface area contributed by atoms with Gasteiger partial charge in [0, 0.05) is 25.2 Å². The summed E-state index contributed by atoms with van der Waals surface area (Å²) in [7, 11) is -3.17. The van der Waals surface area contributed by atoms with Crippen molar-refractivity contribution in [3.8, 4) is 0 Å². The van der Waals surface area contributed by atoms with Gasteiger partial charge >= 0.3 is 0 Å². The summed E-state index contributed by atoms with van der Waals surface area (Å²) in [5.74, 6) is 0.643. The van der Waals surface area contributed by atoms with Crippen molar-refractivity contribution in [2.24, 2.45) is 5.92 Å². The summed E-state index contributed by atoms with van der Waals surface area (Å²) in [6, 6.07) is 0.